The largest absolute Gasteiger partial charge is 0.480 e. The summed E-state index contributed by atoms with van der Waals surface area (Å²) in [6.45, 7) is 3.51. The monoisotopic (exact) mass is 952 g/mol. The number of carboxylic acid groups (broad SMARTS) is 1. The normalized spacial score (nSPS) is 14.8. The lowest BCUT2D eigenvalue weighted by Gasteiger charge is -2.20. The van der Waals surface area contributed by atoms with E-state index in [2.05, 4.69) is 148 Å². The molecule has 11 heteroatoms. The lowest BCUT2D eigenvalue weighted by Crippen LogP contribution is -2.34. The van der Waals surface area contributed by atoms with Crippen molar-refractivity contribution in [3.05, 3.63) is 134 Å². The maximum atomic E-state index is 12.7. The van der Waals surface area contributed by atoms with Crippen molar-refractivity contribution >= 4 is 19.8 Å². The summed E-state index contributed by atoms with van der Waals surface area (Å²) in [6.07, 6.45) is 70.8. The number of phosphoric acid groups is 1. The Balaban J connectivity index is 4.31. The minimum Gasteiger partial charge on any atom is -0.480 e. The molecule has 67 heavy (non-hydrogen) atoms. The second kappa shape index (κ2) is 50.0. The number of carboxylic acids is 1. The van der Waals surface area contributed by atoms with E-state index in [0.717, 1.165) is 116 Å². The molecule has 0 rings (SSSR count). The fourth-order valence-corrected chi connectivity index (χ4v) is 6.88. The molecule has 10 nitrogen and oxygen atoms in total. The van der Waals surface area contributed by atoms with Crippen LogP contribution in [0.15, 0.2) is 134 Å². The SMILES string of the molecule is CC/C=C\C/C=C\C/C=C\C/C=C\C/C=C\C/C=C\C/C=C\CCCCOCC(COP(=O)(O)OCC(N)C(=O)O)OC(=O)CCCCCCCCCC/C=C\C/C=C\C/C=C\C/C=C\CC. The van der Waals surface area contributed by atoms with Crippen LogP contribution in [0.4, 0.5) is 0 Å². The molecular formula is C56H90NO9P. The van der Waals surface area contributed by atoms with Crippen molar-refractivity contribution in [1.82, 2.24) is 0 Å². The molecule has 0 saturated carbocycles. The molecule has 0 aromatic rings. The standard InChI is InChI=1S/C56H90NO9P/c1-3-5-7-9-11-13-15-17-19-21-23-25-26-27-29-31-33-35-37-39-41-43-45-47-49-63-50-53(51-64-67(61,62)65-52-54(57)56(59)60)66-55(58)48-46-44-42-40-38-36-34-32-30-28-24-22-20-18-16-14-12-10-8-6-4-2/h5-8,11-14,17-20,23-25,27-29,33,35,39,41,53-54H,3-4,9-10,15-16,21-22,26,30-32,34,36-38,40,42-52,57H2,1-2H3,(H,59,60)(H,61,62)/b7-5-,8-6-,13-11-,14-12-,19-17-,20-18-,25-23-,28-24-,29-27-,35-33-,41-39-. The van der Waals surface area contributed by atoms with Gasteiger partial charge in [-0.25, -0.2) is 4.57 Å². The average molecular weight is 952 g/mol. The van der Waals surface area contributed by atoms with Gasteiger partial charge in [-0.3, -0.25) is 18.6 Å². The molecule has 0 radical (unpaired) electrons. The first-order valence-electron chi connectivity index (χ1n) is 25.2. The fourth-order valence-electron chi connectivity index (χ4n) is 6.10. The van der Waals surface area contributed by atoms with Gasteiger partial charge in [0.2, 0.25) is 0 Å². The number of aliphatic carboxylic acids is 1. The number of carbonyl (C=O) groups excluding carboxylic acids is 1. The number of hydrogen-bond donors (Lipinski definition) is 3. The zero-order chi connectivity index (χ0) is 49.0. The highest BCUT2D eigenvalue weighted by atomic mass is 31.2. The lowest BCUT2D eigenvalue weighted by atomic mass is 10.1. The van der Waals surface area contributed by atoms with Gasteiger partial charge in [-0.1, -0.05) is 186 Å². The second-order valence-electron chi connectivity index (χ2n) is 16.2. The van der Waals surface area contributed by atoms with Gasteiger partial charge in [0.15, 0.2) is 0 Å². The number of hydrogen-bond acceptors (Lipinski definition) is 8. The molecule has 4 N–H and O–H groups in total. The van der Waals surface area contributed by atoms with Crippen LogP contribution in [-0.4, -0.2) is 60.5 Å². The van der Waals surface area contributed by atoms with Crippen LogP contribution in [0.2, 0.25) is 0 Å². The zero-order valence-electron chi connectivity index (χ0n) is 41.4. The zero-order valence-corrected chi connectivity index (χ0v) is 42.3. The highest BCUT2D eigenvalue weighted by molar-refractivity contribution is 7.47. The Kier molecular flexibility index (Phi) is 47.1. The van der Waals surface area contributed by atoms with E-state index in [1.54, 1.807) is 0 Å². The molecular weight excluding hydrogens is 862 g/mol. The summed E-state index contributed by atoms with van der Waals surface area (Å²) in [4.78, 5) is 33.7. The number of nitrogens with two attached hydrogens (primary N) is 1. The highest BCUT2D eigenvalue weighted by Gasteiger charge is 2.27. The third-order valence-electron chi connectivity index (χ3n) is 9.93. The van der Waals surface area contributed by atoms with Gasteiger partial charge in [0.1, 0.15) is 12.1 Å². The van der Waals surface area contributed by atoms with E-state index in [4.69, 9.17) is 29.4 Å². The number of allylic oxidation sites excluding steroid dienone is 22. The molecule has 0 aliphatic rings. The van der Waals surface area contributed by atoms with E-state index in [1.165, 1.54) is 25.7 Å². The number of rotatable bonds is 46. The summed E-state index contributed by atoms with van der Waals surface area (Å²) in [6, 6.07) is -1.49. The number of unbranched alkanes of at least 4 members (excludes halogenated alkanes) is 10. The van der Waals surface area contributed by atoms with Crippen LogP contribution in [-0.2, 0) is 32.7 Å². The summed E-state index contributed by atoms with van der Waals surface area (Å²) in [5, 5.41) is 8.93. The first kappa shape index (κ1) is 63.1. The molecule has 0 bridgehead atoms. The van der Waals surface area contributed by atoms with E-state index in [1.807, 2.05) is 0 Å². The average Bonchev–Trinajstić information content (AvgIpc) is 3.31. The Morgan fingerprint density at radius 2 is 0.821 bits per heavy atom. The third kappa shape index (κ3) is 49.8. The molecule has 378 valence electrons. The van der Waals surface area contributed by atoms with Crippen molar-refractivity contribution < 1.29 is 42.7 Å². The molecule has 0 amide bonds. The summed E-state index contributed by atoms with van der Waals surface area (Å²) >= 11 is 0. The molecule has 3 unspecified atom stereocenters. The third-order valence-corrected chi connectivity index (χ3v) is 10.9. The Morgan fingerprint density at radius 1 is 0.478 bits per heavy atom. The maximum absolute atomic E-state index is 12.7. The Bertz CT molecular complexity index is 1570. The quantitative estimate of drug-likeness (QED) is 0.0232. The molecule has 0 heterocycles. The van der Waals surface area contributed by atoms with Gasteiger partial charge in [0.25, 0.3) is 0 Å². The molecule has 0 aliphatic carbocycles. The maximum Gasteiger partial charge on any atom is 0.472 e. The van der Waals surface area contributed by atoms with Crippen molar-refractivity contribution in [2.45, 2.75) is 180 Å². The molecule has 0 aromatic carbocycles. The van der Waals surface area contributed by atoms with Gasteiger partial charge in [-0.05, 0) is 109 Å². The first-order chi connectivity index (χ1) is 32.7. The predicted octanol–water partition coefficient (Wildman–Crippen LogP) is 15.0. The van der Waals surface area contributed by atoms with E-state index < -0.39 is 45.1 Å². The van der Waals surface area contributed by atoms with E-state index >= 15 is 0 Å². The van der Waals surface area contributed by atoms with E-state index in [0.29, 0.717) is 13.0 Å². The van der Waals surface area contributed by atoms with Gasteiger partial charge < -0.3 is 25.2 Å². The van der Waals surface area contributed by atoms with Crippen LogP contribution in [0.3, 0.4) is 0 Å². The number of esters is 1. The van der Waals surface area contributed by atoms with Crippen LogP contribution in [0.5, 0.6) is 0 Å². The van der Waals surface area contributed by atoms with Crippen LogP contribution in [0.1, 0.15) is 168 Å². The second-order valence-corrected chi connectivity index (χ2v) is 17.6. The smallest absolute Gasteiger partial charge is 0.472 e. The van der Waals surface area contributed by atoms with Crippen LogP contribution < -0.4 is 5.73 Å². The van der Waals surface area contributed by atoms with E-state index in [9.17, 15) is 19.0 Å². The fraction of sp³-hybridized carbons (Fsp3) is 0.571. The van der Waals surface area contributed by atoms with Crippen molar-refractivity contribution in [3.8, 4) is 0 Å². The summed E-state index contributed by atoms with van der Waals surface area (Å²) < 4.78 is 33.4. The molecule has 0 aliphatic heterocycles. The van der Waals surface area contributed by atoms with Crippen molar-refractivity contribution in [3.63, 3.8) is 0 Å². The molecule has 0 fully saturated rings. The van der Waals surface area contributed by atoms with Crippen LogP contribution in [0.25, 0.3) is 0 Å². The Morgan fingerprint density at radius 3 is 1.22 bits per heavy atom. The highest BCUT2D eigenvalue weighted by Crippen LogP contribution is 2.43. The summed E-state index contributed by atoms with van der Waals surface area (Å²) in [7, 11) is -4.65. The molecule has 0 saturated heterocycles. The molecule has 0 aromatic heterocycles. The Hall–Kier alpha value is -3.89. The summed E-state index contributed by atoms with van der Waals surface area (Å²) in [5.74, 6) is -1.82. The van der Waals surface area contributed by atoms with Crippen molar-refractivity contribution in [1.29, 1.82) is 0 Å². The van der Waals surface area contributed by atoms with Gasteiger partial charge >= 0.3 is 19.8 Å². The minimum absolute atomic E-state index is 0.0266. The number of carbonyl (C=O) groups is 2. The van der Waals surface area contributed by atoms with Gasteiger partial charge in [0, 0.05) is 13.0 Å². The first-order valence-corrected chi connectivity index (χ1v) is 26.7. The molecule has 3 atom stereocenters. The topological polar surface area (TPSA) is 155 Å². The van der Waals surface area contributed by atoms with Gasteiger partial charge in [0.05, 0.1) is 19.8 Å². The summed E-state index contributed by atoms with van der Waals surface area (Å²) in [5.41, 5.74) is 5.37. The van der Waals surface area contributed by atoms with Crippen LogP contribution >= 0.6 is 7.82 Å². The van der Waals surface area contributed by atoms with Crippen molar-refractivity contribution in [2.24, 2.45) is 5.73 Å². The van der Waals surface area contributed by atoms with Crippen LogP contribution in [0, 0.1) is 0 Å². The van der Waals surface area contributed by atoms with Crippen molar-refractivity contribution in [2.75, 3.05) is 26.4 Å². The number of ether oxygens (including phenoxy) is 2. The lowest BCUT2D eigenvalue weighted by molar-refractivity contribution is -0.154. The minimum atomic E-state index is -4.65. The number of phosphoric ester groups is 1. The van der Waals surface area contributed by atoms with Gasteiger partial charge in [-0.2, -0.15) is 0 Å². The van der Waals surface area contributed by atoms with Gasteiger partial charge in [-0.15, -0.1) is 0 Å². The Labute approximate surface area is 406 Å². The molecule has 0 spiro atoms. The predicted molar refractivity (Wildman–Crippen MR) is 281 cm³/mol. The van der Waals surface area contributed by atoms with E-state index in [-0.39, 0.29) is 13.0 Å².